The van der Waals surface area contributed by atoms with Crippen molar-refractivity contribution in [3.63, 3.8) is 0 Å². The molecule has 102 valence electrons. The number of methoxy groups -OCH3 is 1. The Morgan fingerprint density at radius 1 is 1.16 bits per heavy atom. The van der Waals surface area contributed by atoms with Gasteiger partial charge in [-0.25, -0.2) is 9.67 Å². The third kappa shape index (κ3) is 3.54. The summed E-state index contributed by atoms with van der Waals surface area (Å²) in [6.07, 6.45) is 0. The average Bonchev–Trinajstić information content (AvgIpc) is 2.81. The predicted molar refractivity (Wildman–Crippen MR) is 71.9 cm³/mol. The van der Waals surface area contributed by atoms with E-state index >= 15 is 0 Å². The lowest BCUT2D eigenvalue weighted by Crippen LogP contribution is -2.07. The van der Waals surface area contributed by atoms with Gasteiger partial charge < -0.3 is 9.47 Å². The Bertz CT molecular complexity index is 520. The maximum atomic E-state index is 5.72. The minimum Gasteiger partial charge on any atom is -0.486 e. The van der Waals surface area contributed by atoms with E-state index in [-0.39, 0.29) is 0 Å². The summed E-state index contributed by atoms with van der Waals surface area (Å²) in [5.41, 5.74) is 1.21. The summed E-state index contributed by atoms with van der Waals surface area (Å²) in [5, 5.41) is 4.35. The predicted octanol–water partition coefficient (Wildman–Crippen LogP) is 2.33. The van der Waals surface area contributed by atoms with E-state index in [0.29, 0.717) is 19.0 Å². The molecule has 0 fully saturated rings. The third-order valence-corrected chi connectivity index (χ3v) is 2.75. The average molecular weight is 261 g/mol. The van der Waals surface area contributed by atoms with Crippen LogP contribution in [0.5, 0.6) is 5.75 Å². The van der Waals surface area contributed by atoms with Crippen molar-refractivity contribution < 1.29 is 9.47 Å². The number of nitrogens with zero attached hydrogens (tertiary/aromatic N) is 3. The molecular formula is C14H19N3O2. The molecule has 0 unspecified atom stereocenters. The summed E-state index contributed by atoms with van der Waals surface area (Å²) in [6, 6.07) is 7.96. The van der Waals surface area contributed by atoms with Gasteiger partial charge in [0, 0.05) is 13.7 Å². The topological polar surface area (TPSA) is 49.2 Å². The lowest BCUT2D eigenvalue weighted by molar-refractivity contribution is 0.177. The number of rotatable bonds is 6. The molecule has 0 spiro atoms. The Hall–Kier alpha value is -1.88. The van der Waals surface area contributed by atoms with Crippen LogP contribution < -0.4 is 4.74 Å². The van der Waals surface area contributed by atoms with Crippen LogP contribution in [0.3, 0.4) is 0 Å². The van der Waals surface area contributed by atoms with Crippen LogP contribution in [0, 0.1) is 6.92 Å². The number of benzene rings is 1. The highest BCUT2D eigenvalue weighted by atomic mass is 16.5. The largest absolute Gasteiger partial charge is 0.486 e. The van der Waals surface area contributed by atoms with Crippen LogP contribution in [-0.4, -0.2) is 21.9 Å². The molecule has 19 heavy (non-hydrogen) atoms. The van der Waals surface area contributed by atoms with Crippen LogP contribution in [0.15, 0.2) is 24.3 Å². The van der Waals surface area contributed by atoms with Crippen LogP contribution in [0.25, 0.3) is 0 Å². The van der Waals surface area contributed by atoms with Crippen molar-refractivity contribution in [1.82, 2.24) is 14.8 Å². The first kappa shape index (κ1) is 13.5. The quantitative estimate of drug-likeness (QED) is 0.800. The summed E-state index contributed by atoms with van der Waals surface area (Å²) in [4.78, 5) is 4.41. The SMILES string of the molecule is CCn1nc(COC)nc1COc1ccc(C)cc1. The maximum Gasteiger partial charge on any atom is 0.176 e. The van der Waals surface area contributed by atoms with E-state index in [2.05, 4.69) is 17.0 Å². The minimum absolute atomic E-state index is 0.410. The van der Waals surface area contributed by atoms with Gasteiger partial charge in [0.05, 0.1) is 0 Å². The lowest BCUT2D eigenvalue weighted by Gasteiger charge is -2.06. The zero-order valence-corrected chi connectivity index (χ0v) is 11.6. The van der Waals surface area contributed by atoms with Crippen molar-refractivity contribution in [2.75, 3.05) is 7.11 Å². The zero-order valence-electron chi connectivity index (χ0n) is 11.6. The number of hydrogen-bond donors (Lipinski definition) is 0. The lowest BCUT2D eigenvalue weighted by atomic mass is 10.2. The third-order valence-electron chi connectivity index (χ3n) is 2.75. The van der Waals surface area contributed by atoms with E-state index < -0.39 is 0 Å². The fraction of sp³-hybridized carbons (Fsp3) is 0.429. The van der Waals surface area contributed by atoms with Gasteiger partial charge in [-0.15, -0.1) is 0 Å². The molecule has 0 N–H and O–H groups in total. The Balaban J connectivity index is 2.03. The molecule has 2 rings (SSSR count). The van der Waals surface area contributed by atoms with E-state index in [0.717, 1.165) is 18.1 Å². The highest BCUT2D eigenvalue weighted by Gasteiger charge is 2.09. The summed E-state index contributed by atoms with van der Waals surface area (Å²) in [5.74, 6) is 2.34. The van der Waals surface area contributed by atoms with Crippen molar-refractivity contribution in [2.24, 2.45) is 0 Å². The summed E-state index contributed by atoms with van der Waals surface area (Å²) >= 11 is 0. The smallest absolute Gasteiger partial charge is 0.176 e. The Morgan fingerprint density at radius 3 is 2.53 bits per heavy atom. The van der Waals surface area contributed by atoms with Gasteiger partial charge in [-0.2, -0.15) is 5.10 Å². The minimum atomic E-state index is 0.410. The zero-order chi connectivity index (χ0) is 13.7. The van der Waals surface area contributed by atoms with E-state index in [1.807, 2.05) is 35.9 Å². The molecule has 0 aliphatic rings. The number of aromatic nitrogens is 3. The monoisotopic (exact) mass is 261 g/mol. The molecule has 2 aromatic rings. The standard InChI is InChI=1S/C14H19N3O2/c1-4-17-14(15-13(16-17)9-18-3)10-19-12-7-5-11(2)6-8-12/h5-8H,4,9-10H2,1-3H3. The summed E-state index contributed by atoms with van der Waals surface area (Å²) in [6.45, 7) is 5.68. The first-order valence-electron chi connectivity index (χ1n) is 6.34. The molecule has 1 aromatic carbocycles. The van der Waals surface area contributed by atoms with Gasteiger partial charge in [0.2, 0.25) is 0 Å². The molecule has 5 heteroatoms. The maximum absolute atomic E-state index is 5.72. The molecule has 0 bridgehead atoms. The summed E-state index contributed by atoms with van der Waals surface area (Å²) in [7, 11) is 1.63. The van der Waals surface area contributed by atoms with Crippen molar-refractivity contribution in [3.05, 3.63) is 41.5 Å². The molecule has 0 saturated carbocycles. The second kappa shape index (κ2) is 6.33. The molecule has 1 aromatic heterocycles. The highest BCUT2D eigenvalue weighted by molar-refractivity contribution is 5.26. The van der Waals surface area contributed by atoms with E-state index in [1.165, 1.54) is 5.56 Å². The number of hydrogen-bond acceptors (Lipinski definition) is 4. The summed E-state index contributed by atoms with van der Waals surface area (Å²) < 4.78 is 12.6. The van der Waals surface area contributed by atoms with Crippen LogP contribution >= 0.6 is 0 Å². The second-order valence-corrected chi connectivity index (χ2v) is 4.29. The fourth-order valence-corrected chi connectivity index (χ4v) is 1.76. The van der Waals surface area contributed by atoms with Gasteiger partial charge in [-0.05, 0) is 26.0 Å². The van der Waals surface area contributed by atoms with Gasteiger partial charge in [0.1, 0.15) is 19.0 Å². The molecule has 1 heterocycles. The molecule has 0 atom stereocenters. The second-order valence-electron chi connectivity index (χ2n) is 4.29. The Morgan fingerprint density at radius 2 is 1.89 bits per heavy atom. The van der Waals surface area contributed by atoms with E-state index in [4.69, 9.17) is 9.47 Å². The molecule has 0 aliphatic carbocycles. The van der Waals surface area contributed by atoms with Crippen LogP contribution in [0.2, 0.25) is 0 Å². The van der Waals surface area contributed by atoms with Crippen molar-refractivity contribution in [2.45, 2.75) is 33.6 Å². The van der Waals surface area contributed by atoms with Crippen molar-refractivity contribution in [1.29, 1.82) is 0 Å². The van der Waals surface area contributed by atoms with Crippen molar-refractivity contribution >= 4 is 0 Å². The van der Waals surface area contributed by atoms with Gasteiger partial charge in [-0.3, -0.25) is 0 Å². The Kier molecular flexibility index (Phi) is 4.52. The van der Waals surface area contributed by atoms with Gasteiger partial charge in [-0.1, -0.05) is 17.7 Å². The molecule has 0 aliphatic heterocycles. The Labute approximate surface area is 113 Å². The number of aryl methyl sites for hydroxylation is 2. The van der Waals surface area contributed by atoms with E-state index in [9.17, 15) is 0 Å². The first-order chi connectivity index (χ1) is 9.22. The molecular weight excluding hydrogens is 242 g/mol. The van der Waals surface area contributed by atoms with Gasteiger partial charge in [0.15, 0.2) is 11.6 Å². The van der Waals surface area contributed by atoms with Gasteiger partial charge >= 0.3 is 0 Å². The number of ether oxygens (including phenoxy) is 2. The molecule has 0 saturated heterocycles. The van der Waals surface area contributed by atoms with Crippen LogP contribution in [0.4, 0.5) is 0 Å². The molecule has 0 radical (unpaired) electrons. The van der Waals surface area contributed by atoms with Gasteiger partial charge in [0.25, 0.3) is 0 Å². The highest BCUT2D eigenvalue weighted by Crippen LogP contribution is 2.13. The fourth-order valence-electron chi connectivity index (χ4n) is 1.76. The normalized spacial score (nSPS) is 10.7. The van der Waals surface area contributed by atoms with Crippen molar-refractivity contribution in [3.8, 4) is 5.75 Å². The van der Waals surface area contributed by atoms with E-state index in [1.54, 1.807) is 7.11 Å². The first-order valence-corrected chi connectivity index (χ1v) is 6.34. The van der Waals surface area contributed by atoms with Crippen LogP contribution in [0.1, 0.15) is 24.1 Å². The molecule has 5 nitrogen and oxygen atoms in total. The molecule has 0 amide bonds. The van der Waals surface area contributed by atoms with Crippen LogP contribution in [-0.2, 0) is 24.5 Å².